The van der Waals surface area contributed by atoms with Gasteiger partial charge in [-0.1, -0.05) is 35.1 Å². The van der Waals surface area contributed by atoms with Crippen molar-refractivity contribution in [3.63, 3.8) is 0 Å². The molecule has 24 heavy (non-hydrogen) atoms. The number of halogens is 2. The van der Waals surface area contributed by atoms with Gasteiger partial charge in [-0.15, -0.1) is 0 Å². The van der Waals surface area contributed by atoms with E-state index in [2.05, 4.69) is 38.4 Å². The number of carbonyl (C=O) groups excluding carboxylic acids is 1. The van der Waals surface area contributed by atoms with E-state index in [1.165, 1.54) is 11.3 Å². The molecule has 0 aliphatic rings. The molecule has 2 aromatic carbocycles. The van der Waals surface area contributed by atoms with Gasteiger partial charge in [-0.05, 0) is 59.2 Å². The van der Waals surface area contributed by atoms with E-state index in [4.69, 9.17) is 11.6 Å². The van der Waals surface area contributed by atoms with E-state index in [9.17, 15) is 4.79 Å². The first-order chi connectivity index (χ1) is 11.6. The Kier molecular flexibility index (Phi) is 6.02. The zero-order valence-corrected chi connectivity index (χ0v) is 17.4. The Morgan fingerprint density at radius 1 is 1.33 bits per heavy atom. The molecule has 0 spiro atoms. The first-order valence-corrected chi connectivity index (χ1v) is 10.9. The highest BCUT2D eigenvalue weighted by Crippen LogP contribution is 2.22. The second-order valence-electron chi connectivity index (χ2n) is 5.04. The second kappa shape index (κ2) is 8.03. The third kappa shape index (κ3) is 3.87. The number of rotatable bonds is 4. The minimum atomic E-state index is -0.212. The van der Waals surface area contributed by atoms with E-state index < -0.39 is 0 Å². The smallest absolute Gasteiger partial charge is 0.280 e. The molecule has 1 aromatic heterocycles. The zero-order valence-electron chi connectivity index (χ0n) is 12.8. The van der Waals surface area contributed by atoms with Crippen LogP contribution in [0.4, 0.5) is 0 Å². The summed E-state index contributed by atoms with van der Waals surface area (Å²) in [4.78, 5) is 17.7. The van der Waals surface area contributed by atoms with E-state index in [0.717, 1.165) is 26.1 Å². The van der Waals surface area contributed by atoms with Crippen LogP contribution in [0.5, 0.6) is 0 Å². The highest BCUT2D eigenvalue weighted by atomic mass is 127. The molecule has 0 atom stereocenters. The maximum absolute atomic E-state index is 12.6. The molecule has 0 saturated carbocycles. The molecule has 0 unspecified atom stereocenters. The molecule has 0 aliphatic heterocycles. The summed E-state index contributed by atoms with van der Waals surface area (Å²) in [7, 11) is 0. The topological polar surface area (TPSA) is 34.4 Å². The van der Waals surface area contributed by atoms with Crippen LogP contribution in [0.2, 0.25) is 5.02 Å². The summed E-state index contributed by atoms with van der Waals surface area (Å²) < 4.78 is 4.04. The van der Waals surface area contributed by atoms with Crippen molar-refractivity contribution >= 4 is 73.4 Å². The van der Waals surface area contributed by atoms with Gasteiger partial charge in [0.05, 0.1) is 15.8 Å². The molecule has 0 saturated heterocycles. The Morgan fingerprint density at radius 2 is 2.12 bits per heavy atom. The number of hydrogen-bond acceptors (Lipinski definition) is 3. The van der Waals surface area contributed by atoms with E-state index in [1.807, 2.05) is 42.5 Å². The van der Waals surface area contributed by atoms with Crippen LogP contribution >= 0.6 is 57.3 Å². The molecule has 1 amide bonds. The van der Waals surface area contributed by atoms with Crippen molar-refractivity contribution in [3.05, 3.63) is 61.4 Å². The third-order valence-electron chi connectivity index (χ3n) is 3.47. The summed E-state index contributed by atoms with van der Waals surface area (Å²) in [5.74, 6) is 0.745. The van der Waals surface area contributed by atoms with Crippen LogP contribution in [-0.2, 0) is 6.54 Å². The molecule has 3 aromatic rings. The van der Waals surface area contributed by atoms with Crippen LogP contribution in [0.25, 0.3) is 10.2 Å². The molecule has 3 nitrogen and oxygen atoms in total. The Balaban J connectivity index is 2.13. The van der Waals surface area contributed by atoms with Gasteiger partial charge >= 0.3 is 0 Å². The first kappa shape index (κ1) is 18.0. The first-order valence-electron chi connectivity index (χ1n) is 7.21. The Labute approximate surface area is 166 Å². The molecule has 7 heteroatoms. The lowest BCUT2D eigenvalue weighted by molar-refractivity contribution is 0.0997. The molecule has 0 radical (unpaired) electrons. The number of benzene rings is 2. The lowest BCUT2D eigenvalue weighted by Gasteiger charge is -2.04. The number of hydrogen-bond donors (Lipinski definition) is 0. The van der Waals surface area contributed by atoms with E-state index in [1.54, 1.807) is 11.8 Å². The largest absolute Gasteiger partial charge is 0.316 e. The summed E-state index contributed by atoms with van der Waals surface area (Å²) >= 11 is 11.5. The average Bonchev–Trinajstić information content (AvgIpc) is 2.89. The van der Waals surface area contributed by atoms with Gasteiger partial charge < -0.3 is 4.57 Å². The maximum Gasteiger partial charge on any atom is 0.280 e. The van der Waals surface area contributed by atoms with Crippen LogP contribution in [0.1, 0.15) is 10.4 Å². The van der Waals surface area contributed by atoms with Crippen molar-refractivity contribution in [2.45, 2.75) is 6.54 Å². The fourth-order valence-electron chi connectivity index (χ4n) is 2.31. The van der Waals surface area contributed by atoms with Gasteiger partial charge in [-0.3, -0.25) is 4.79 Å². The number of aryl methyl sites for hydroxylation is 1. The quantitative estimate of drug-likeness (QED) is 0.481. The van der Waals surface area contributed by atoms with Crippen LogP contribution < -0.4 is 4.80 Å². The standard InChI is InChI=1S/C17H14ClIN2OS2/c1-23-9-8-21-14-7-6-11(18)10-15(14)24-17(21)20-16(22)12-4-2-3-5-13(12)19/h2-7,10H,8-9H2,1H3. The number of fused-ring (bicyclic) bond motifs is 1. The molecule has 0 aliphatic carbocycles. The number of amides is 1. The predicted molar refractivity (Wildman–Crippen MR) is 112 cm³/mol. The number of nitrogens with zero attached hydrogens (tertiary/aromatic N) is 2. The lowest BCUT2D eigenvalue weighted by Crippen LogP contribution is -2.18. The third-order valence-corrected chi connectivity index (χ3v) is 6.27. The van der Waals surface area contributed by atoms with Crippen molar-refractivity contribution < 1.29 is 4.79 Å². The fraction of sp³-hybridized carbons (Fsp3) is 0.176. The molecular weight excluding hydrogens is 475 g/mol. The fourth-order valence-corrected chi connectivity index (χ4v) is 4.63. The van der Waals surface area contributed by atoms with Crippen LogP contribution in [0, 0.1) is 3.57 Å². The molecular formula is C17H14ClIN2OS2. The van der Waals surface area contributed by atoms with E-state index in [0.29, 0.717) is 15.4 Å². The zero-order chi connectivity index (χ0) is 17.1. The van der Waals surface area contributed by atoms with Crippen molar-refractivity contribution in [2.75, 3.05) is 12.0 Å². The minimum absolute atomic E-state index is 0.212. The van der Waals surface area contributed by atoms with Gasteiger partial charge in [-0.2, -0.15) is 16.8 Å². The Hall–Kier alpha value is -0.830. The van der Waals surface area contributed by atoms with Gasteiger partial charge in [0.25, 0.3) is 5.91 Å². The van der Waals surface area contributed by atoms with Gasteiger partial charge in [0, 0.05) is 20.9 Å². The number of aromatic nitrogens is 1. The average molecular weight is 489 g/mol. The highest BCUT2D eigenvalue weighted by molar-refractivity contribution is 14.1. The van der Waals surface area contributed by atoms with Gasteiger partial charge in [0.15, 0.2) is 4.80 Å². The van der Waals surface area contributed by atoms with Crippen LogP contribution in [0.3, 0.4) is 0 Å². The summed E-state index contributed by atoms with van der Waals surface area (Å²) in [5.41, 5.74) is 1.69. The monoisotopic (exact) mass is 488 g/mol. The van der Waals surface area contributed by atoms with Crippen molar-refractivity contribution in [3.8, 4) is 0 Å². The second-order valence-corrected chi connectivity index (χ2v) is 8.63. The maximum atomic E-state index is 12.6. The molecule has 0 fully saturated rings. The number of carbonyl (C=O) groups is 1. The SMILES string of the molecule is CSCCn1c(=NC(=O)c2ccccc2I)sc2cc(Cl)ccc21. The number of thiazole rings is 1. The van der Waals surface area contributed by atoms with Crippen molar-refractivity contribution in [2.24, 2.45) is 4.99 Å². The highest BCUT2D eigenvalue weighted by Gasteiger charge is 2.11. The lowest BCUT2D eigenvalue weighted by atomic mass is 10.2. The van der Waals surface area contributed by atoms with Gasteiger partial charge in [-0.25, -0.2) is 0 Å². The normalized spacial score (nSPS) is 12.0. The summed E-state index contributed by atoms with van der Waals surface area (Å²) in [6, 6.07) is 13.3. The summed E-state index contributed by atoms with van der Waals surface area (Å²) in [5, 5.41) is 0.691. The molecule has 124 valence electrons. The Bertz CT molecular complexity index is 965. The van der Waals surface area contributed by atoms with Gasteiger partial charge in [0.1, 0.15) is 0 Å². The van der Waals surface area contributed by atoms with Crippen LogP contribution in [0.15, 0.2) is 47.5 Å². The summed E-state index contributed by atoms with van der Waals surface area (Å²) in [6.45, 7) is 0.806. The number of thioether (sulfide) groups is 1. The minimum Gasteiger partial charge on any atom is -0.316 e. The molecule has 1 heterocycles. The predicted octanol–water partition coefficient (Wildman–Crippen LogP) is 5.06. The summed E-state index contributed by atoms with van der Waals surface area (Å²) in [6.07, 6.45) is 2.07. The Morgan fingerprint density at radius 3 is 2.88 bits per heavy atom. The van der Waals surface area contributed by atoms with E-state index >= 15 is 0 Å². The molecule has 0 bridgehead atoms. The van der Waals surface area contributed by atoms with E-state index in [-0.39, 0.29) is 5.91 Å². The van der Waals surface area contributed by atoms with Crippen molar-refractivity contribution in [1.82, 2.24) is 4.57 Å². The molecule has 0 N–H and O–H groups in total. The van der Waals surface area contributed by atoms with Gasteiger partial charge in [0.2, 0.25) is 0 Å². The van der Waals surface area contributed by atoms with Crippen molar-refractivity contribution in [1.29, 1.82) is 0 Å². The molecule has 3 rings (SSSR count). The van der Waals surface area contributed by atoms with Crippen LogP contribution in [-0.4, -0.2) is 22.5 Å².